The molecule has 0 N–H and O–H groups in total. The first-order valence-corrected chi connectivity index (χ1v) is 8.25. The number of hydrogen-bond acceptors (Lipinski definition) is 3. The molecule has 1 heterocycles. The molecule has 1 aromatic carbocycles. The molecule has 0 bridgehead atoms. The van der Waals surface area contributed by atoms with Crippen LogP contribution in [0.15, 0.2) is 27.6 Å². The highest BCUT2D eigenvalue weighted by Crippen LogP contribution is 2.23. The van der Waals surface area contributed by atoms with E-state index in [0.717, 1.165) is 41.8 Å². The van der Waals surface area contributed by atoms with E-state index in [-0.39, 0.29) is 5.91 Å². The van der Waals surface area contributed by atoms with Crippen molar-refractivity contribution in [3.63, 3.8) is 0 Å². The van der Waals surface area contributed by atoms with Gasteiger partial charge in [-0.25, -0.2) is 0 Å². The summed E-state index contributed by atoms with van der Waals surface area (Å²) >= 11 is 7.80. The van der Waals surface area contributed by atoms with Crippen molar-refractivity contribution in [3.8, 4) is 0 Å². The van der Waals surface area contributed by atoms with E-state index in [1.54, 1.807) is 0 Å². The molecule has 1 aromatic rings. The van der Waals surface area contributed by atoms with Crippen molar-refractivity contribution in [2.45, 2.75) is 30.7 Å². The van der Waals surface area contributed by atoms with Crippen LogP contribution in [-0.2, 0) is 0 Å². The zero-order valence-corrected chi connectivity index (χ0v) is 14.5. The summed E-state index contributed by atoms with van der Waals surface area (Å²) in [5.41, 5.74) is 0.678. The van der Waals surface area contributed by atoms with Gasteiger partial charge in [-0.05, 0) is 37.6 Å². The maximum absolute atomic E-state index is 12.6. The highest BCUT2D eigenvalue weighted by atomic mass is 79.9. The van der Waals surface area contributed by atoms with Gasteiger partial charge in [0.2, 0.25) is 0 Å². The van der Waals surface area contributed by atoms with Gasteiger partial charge in [0.25, 0.3) is 5.91 Å². The lowest BCUT2D eigenvalue weighted by atomic mass is 10.0. The number of benzene rings is 1. The highest BCUT2D eigenvalue weighted by molar-refractivity contribution is 9.10. The van der Waals surface area contributed by atoms with E-state index >= 15 is 0 Å². The molecule has 1 aliphatic rings. The number of hydrogen-bond donors (Lipinski definition) is 1. The standard InChI is InChI=1S/C15H21BrN2OS/c1-3-18-8-6-12(7-9-18)17(2)15(19)13-5-4-11(16)10-14(13)20/h4-5,10,12,20H,3,6-9H2,1-2H3. The van der Waals surface area contributed by atoms with E-state index < -0.39 is 0 Å². The lowest BCUT2D eigenvalue weighted by Crippen LogP contribution is -2.45. The predicted octanol–water partition coefficient (Wildman–Crippen LogP) is 3.29. The van der Waals surface area contributed by atoms with Gasteiger partial charge in [0, 0.05) is 35.5 Å². The Bertz CT molecular complexity index is 487. The lowest BCUT2D eigenvalue weighted by molar-refractivity contribution is 0.0643. The Hall–Kier alpha value is -0.520. The summed E-state index contributed by atoms with van der Waals surface area (Å²) in [6.45, 7) is 5.43. The molecule has 5 heteroatoms. The monoisotopic (exact) mass is 356 g/mol. The van der Waals surface area contributed by atoms with Gasteiger partial charge in [-0.2, -0.15) is 0 Å². The molecule has 0 unspecified atom stereocenters. The van der Waals surface area contributed by atoms with Gasteiger partial charge in [-0.1, -0.05) is 22.9 Å². The van der Waals surface area contributed by atoms with Crippen LogP contribution in [0.3, 0.4) is 0 Å². The summed E-state index contributed by atoms with van der Waals surface area (Å²) in [6, 6.07) is 5.93. The van der Waals surface area contributed by atoms with Crippen LogP contribution >= 0.6 is 28.6 Å². The van der Waals surface area contributed by atoms with Gasteiger partial charge in [0.1, 0.15) is 0 Å². The third kappa shape index (κ3) is 3.57. The largest absolute Gasteiger partial charge is 0.339 e. The fraction of sp³-hybridized carbons (Fsp3) is 0.533. The van der Waals surface area contributed by atoms with Crippen LogP contribution in [-0.4, -0.2) is 48.4 Å². The van der Waals surface area contributed by atoms with Crippen molar-refractivity contribution in [1.29, 1.82) is 0 Å². The van der Waals surface area contributed by atoms with Gasteiger partial charge in [-0.3, -0.25) is 4.79 Å². The van der Waals surface area contributed by atoms with Crippen molar-refractivity contribution in [2.75, 3.05) is 26.7 Å². The zero-order chi connectivity index (χ0) is 14.7. The molecule has 2 rings (SSSR count). The van der Waals surface area contributed by atoms with E-state index in [1.165, 1.54) is 0 Å². The van der Waals surface area contributed by atoms with Gasteiger partial charge in [0.05, 0.1) is 5.56 Å². The van der Waals surface area contributed by atoms with Gasteiger partial charge < -0.3 is 9.80 Å². The molecule has 1 aliphatic heterocycles. The summed E-state index contributed by atoms with van der Waals surface area (Å²) in [5, 5.41) is 0. The molecule has 1 amide bonds. The summed E-state index contributed by atoms with van der Waals surface area (Å²) < 4.78 is 0.943. The quantitative estimate of drug-likeness (QED) is 0.840. The normalized spacial score (nSPS) is 17.2. The molecule has 0 saturated carbocycles. The van der Waals surface area contributed by atoms with Crippen LogP contribution in [0, 0.1) is 0 Å². The number of thiol groups is 1. The first-order chi connectivity index (χ1) is 9.52. The molecule has 0 aromatic heterocycles. The Morgan fingerprint density at radius 1 is 1.45 bits per heavy atom. The first-order valence-electron chi connectivity index (χ1n) is 7.01. The minimum Gasteiger partial charge on any atom is -0.339 e. The number of carbonyl (C=O) groups is 1. The number of halogens is 1. The number of carbonyl (C=O) groups excluding carboxylic acids is 1. The van der Waals surface area contributed by atoms with E-state index in [1.807, 2.05) is 30.1 Å². The van der Waals surface area contributed by atoms with Crippen LogP contribution in [0.1, 0.15) is 30.1 Å². The predicted molar refractivity (Wildman–Crippen MR) is 88.6 cm³/mol. The summed E-state index contributed by atoms with van der Waals surface area (Å²) in [4.78, 5) is 17.6. The van der Waals surface area contributed by atoms with Crippen molar-refractivity contribution in [1.82, 2.24) is 9.80 Å². The topological polar surface area (TPSA) is 23.6 Å². The number of likely N-dealkylation sites (tertiary alicyclic amines) is 1. The van der Waals surface area contributed by atoms with Crippen LogP contribution in [0.2, 0.25) is 0 Å². The molecule has 110 valence electrons. The van der Waals surface area contributed by atoms with Gasteiger partial charge >= 0.3 is 0 Å². The summed E-state index contributed by atoms with van der Waals surface area (Å²) in [7, 11) is 1.91. The van der Waals surface area contributed by atoms with Crippen LogP contribution < -0.4 is 0 Å². The second kappa shape index (κ2) is 6.96. The van der Waals surface area contributed by atoms with Crippen molar-refractivity contribution >= 4 is 34.5 Å². The Balaban J connectivity index is 2.05. The van der Waals surface area contributed by atoms with Gasteiger partial charge in [-0.15, -0.1) is 12.6 Å². The molecule has 3 nitrogen and oxygen atoms in total. The fourth-order valence-electron chi connectivity index (χ4n) is 2.66. The number of piperidine rings is 1. The van der Waals surface area contributed by atoms with Crippen LogP contribution in [0.4, 0.5) is 0 Å². The number of rotatable bonds is 3. The second-order valence-corrected chi connectivity index (χ2v) is 6.64. The summed E-state index contributed by atoms with van der Waals surface area (Å²) in [5.74, 6) is 0.0671. The minimum absolute atomic E-state index is 0.0671. The Kier molecular flexibility index (Phi) is 5.52. The smallest absolute Gasteiger partial charge is 0.254 e. The maximum atomic E-state index is 12.6. The molecule has 0 radical (unpaired) electrons. The lowest BCUT2D eigenvalue weighted by Gasteiger charge is -2.36. The molecule has 20 heavy (non-hydrogen) atoms. The minimum atomic E-state index is 0.0671. The average molecular weight is 357 g/mol. The molecule has 1 fully saturated rings. The Morgan fingerprint density at radius 3 is 2.65 bits per heavy atom. The maximum Gasteiger partial charge on any atom is 0.254 e. The van der Waals surface area contributed by atoms with E-state index in [2.05, 4.69) is 40.4 Å². The van der Waals surface area contributed by atoms with E-state index in [9.17, 15) is 4.79 Å². The van der Waals surface area contributed by atoms with Crippen molar-refractivity contribution in [3.05, 3.63) is 28.2 Å². The number of nitrogens with zero attached hydrogens (tertiary/aromatic N) is 2. The molecule has 0 atom stereocenters. The Morgan fingerprint density at radius 2 is 2.10 bits per heavy atom. The Labute approximate surface area is 134 Å². The van der Waals surface area contributed by atoms with E-state index in [4.69, 9.17) is 0 Å². The fourth-order valence-corrected chi connectivity index (χ4v) is 3.51. The zero-order valence-electron chi connectivity index (χ0n) is 12.0. The molecular formula is C15H21BrN2OS. The van der Waals surface area contributed by atoms with Gasteiger partial charge in [0.15, 0.2) is 0 Å². The van der Waals surface area contributed by atoms with Crippen molar-refractivity contribution < 1.29 is 4.79 Å². The highest BCUT2D eigenvalue weighted by Gasteiger charge is 2.26. The van der Waals surface area contributed by atoms with E-state index in [0.29, 0.717) is 11.6 Å². The molecule has 0 spiro atoms. The SMILES string of the molecule is CCN1CCC(N(C)C(=O)c2ccc(Br)cc2S)CC1. The first kappa shape index (κ1) is 15.9. The summed E-state index contributed by atoms with van der Waals surface area (Å²) in [6.07, 6.45) is 2.10. The molecular weight excluding hydrogens is 336 g/mol. The second-order valence-electron chi connectivity index (χ2n) is 5.24. The van der Waals surface area contributed by atoms with Crippen LogP contribution in [0.25, 0.3) is 0 Å². The van der Waals surface area contributed by atoms with Crippen LogP contribution in [0.5, 0.6) is 0 Å². The average Bonchev–Trinajstić information content (AvgIpc) is 2.46. The third-order valence-electron chi connectivity index (χ3n) is 4.06. The molecule has 0 aliphatic carbocycles. The van der Waals surface area contributed by atoms with Crippen molar-refractivity contribution in [2.24, 2.45) is 0 Å². The third-order valence-corrected chi connectivity index (χ3v) is 4.93. The number of amides is 1. The molecule has 1 saturated heterocycles.